The molecule has 1 aliphatic heterocycles. The fraction of sp³-hybridized carbons (Fsp3) is 0.125. The number of halogens is 2. The second kappa shape index (κ2) is 5.83. The molecular weight excluding hydrogens is 303 g/mol. The molecule has 0 aromatic heterocycles. The van der Waals surface area contributed by atoms with Gasteiger partial charge < -0.3 is 10.1 Å². The Labute approximate surface area is 131 Å². The molecule has 0 fully saturated rings. The Hall–Kier alpha value is -2.70. The minimum atomic E-state index is -1.28. The maximum absolute atomic E-state index is 13.8. The Morgan fingerprint density at radius 3 is 2.74 bits per heavy atom. The molecule has 0 saturated carbocycles. The van der Waals surface area contributed by atoms with Crippen molar-refractivity contribution in [2.24, 2.45) is 0 Å². The van der Waals surface area contributed by atoms with E-state index in [1.807, 2.05) is 0 Å². The summed E-state index contributed by atoms with van der Waals surface area (Å²) in [4.78, 5) is 23.7. The van der Waals surface area contributed by atoms with E-state index in [0.717, 1.165) is 12.1 Å². The first-order valence-corrected chi connectivity index (χ1v) is 6.77. The van der Waals surface area contributed by atoms with Crippen molar-refractivity contribution in [1.29, 1.82) is 0 Å². The molecule has 1 aliphatic rings. The van der Waals surface area contributed by atoms with Gasteiger partial charge in [-0.1, -0.05) is 6.07 Å². The van der Waals surface area contributed by atoms with Crippen LogP contribution in [0.15, 0.2) is 36.4 Å². The molecule has 2 aromatic rings. The van der Waals surface area contributed by atoms with Crippen LogP contribution < -0.4 is 10.1 Å². The SMILES string of the molecule is [B]C(C(=O)c1ccc2c(c1)NC(=O)CO2)c1ccc(F)cc1F. The van der Waals surface area contributed by atoms with Gasteiger partial charge in [-0.15, -0.1) is 0 Å². The summed E-state index contributed by atoms with van der Waals surface area (Å²) >= 11 is 0. The van der Waals surface area contributed by atoms with E-state index in [0.29, 0.717) is 17.5 Å². The van der Waals surface area contributed by atoms with Crippen molar-refractivity contribution in [2.45, 2.75) is 5.82 Å². The molecule has 1 unspecified atom stereocenters. The maximum Gasteiger partial charge on any atom is 0.262 e. The molecule has 1 amide bonds. The van der Waals surface area contributed by atoms with E-state index in [-0.39, 0.29) is 23.6 Å². The number of anilines is 1. The van der Waals surface area contributed by atoms with Gasteiger partial charge in [0.15, 0.2) is 12.4 Å². The molecule has 2 aromatic carbocycles. The Balaban J connectivity index is 1.90. The predicted octanol–water partition coefficient (Wildman–Crippen LogP) is 2.39. The van der Waals surface area contributed by atoms with Crippen LogP contribution in [0.4, 0.5) is 14.5 Å². The number of ketones is 1. The topological polar surface area (TPSA) is 55.4 Å². The van der Waals surface area contributed by atoms with Crippen LogP contribution in [0.3, 0.4) is 0 Å². The highest BCUT2D eigenvalue weighted by atomic mass is 19.1. The monoisotopic (exact) mass is 313 g/mol. The van der Waals surface area contributed by atoms with Crippen molar-refractivity contribution >= 4 is 25.2 Å². The summed E-state index contributed by atoms with van der Waals surface area (Å²) in [5, 5.41) is 2.57. The van der Waals surface area contributed by atoms with Crippen LogP contribution in [-0.4, -0.2) is 26.1 Å². The number of hydrogen-bond acceptors (Lipinski definition) is 3. The van der Waals surface area contributed by atoms with E-state index in [9.17, 15) is 18.4 Å². The number of ether oxygens (including phenoxy) is 1. The van der Waals surface area contributed by atoms with E-state index in [2.05, 4.69) is 5.32 Å². The molecule has 0 bridgehead atoms. The zero-order chi connectivity index (χ0) is 16.6. The minimum absolute atomic E-state index is 0.0966. The van der Waals surface area contributed by atoms with E-state index in [1.54, 1.807) is 0 Å². The minimum Gasteiger partial charge on any atom is -0.482 e. The van der Waals surface area contributed by atoms with Crippen LogP contribution in [0.2, 0.25) is 0 Å². The number of carbonyl (C=O) groups excluding carboxylic acids is 2. The van der Waals surface area contributed by atoms with Gasteiger partial charge in [-0.25, -0.2) is 8.78 Å². The van der Waals surface area contributed by atoms with Gasteiger partial charge in [-0.3, -0.25) is 9.59 Å². The standard InChI is InChI=1S/C16H10BF2NO3/c17-15(10-3-2-9(18)6-11(10)19)16(22)8-1-4-13-12(5-8)20-14(21)7-23-13/h1-6,15H,7H2,(H,20,21). The number of nitrogens with one attached hydrogen (secondary N) is 1. The fourth-order valence-corrected chi connectivity index (χ4v) is 2.31. The van der Waals surface area contributed by atoms with E-state index < -0.39 is 23.2 Å². The molecule has 0 aliphatic carbocycles. The van der Waals surface area contributed by atoms with Crippen LogP contribution >= 0.6 is 0 Å². The van der Waals surface area contributed by atoms with Gasteiger partial charge in [0.25, 0.3) is 5.91 Å². The zero-order valence-electron chi connectivity index (χ0n) is 11.8. The summed E-state index contributed by atoms with van der Waals surface area (Å²) in [6.45, 7) is -0.0966. The van der Waals surface area contributed by atoms with Crippen molar-refractivity contribution in [2.75, 3.05) is 11.9 Å². The van der Waals surface area contributed by atoms with Crippen LogP contribution in [0.25, 0.3) is 0 Å². The largest absolute Gasteiger partial charge is 0.482 e. The lowest BCUT2D eigenvalue weighted by Gasteiger charge is -2.19. The number of benzene rings is 2. The fourth-order valence-electron chi connectivity index (χ4n) is 2.31. The van der Waals surface area contributed by atoms with Gasteiger partial charge in [0.2, 0.25) is 0 Å². The van der Waals surface area contributed by atoms with Crippen molar-refractivity contribution in [3.63, 3.8) is 0 Å². The molecule has 23 heavy (non-hydrogen) atoms. The molecule has 4 nitrogen and oxygen atoms in total. The Morgan fingerprint density at radius 2 is 2.00 bits per heavy atom. The summed E-state index contributed by atoms with van der Waals surface area (Å²) in [5.74, 6) is -3.38. The lowest BCUT2D eigenvalue weighted by molar-refractivity contribution is -0.118. The lowest BCUT2D eigenvalue weighted by Crippen LogP contribution is -2.25. The van der Waals surface area contributed by atoms with Crippen molar-refractivity contribution in [3.05, 3.63) is 59.2 Å². The van der Waals surface area contributed by atoms with Gasteiger partial charge in [-0.05, 0) is 29.8 Å². The molecule has 0 saturated heterocycles. The normalized spacial score (nSPS) is 14.4. The number of hydrogen-bond donors (Lipinski definition) is 1. The van der Waals surface area contributed by atoms with Crippen LogP contribution in [-0.2, 0) is 4.79 Å². The third-order valence-electron chi connectivity index (χ3n) is 3.48. The Bertz CT molecular complexity index is 810. The average Bonchev–Trinajstić information content (AvgIpc) is 2.53. The molecule has 1 N–H and O–H groups in total. The smallest absolute Gasteiger partial charge is 0.262 e. The first-order chi connectivity index (χ1) is 11.0. The van der Waals surface area contributed by atoms with Crippen molar-refractivity contribution in [1.82, 2.24) is 0 Å². The van der Waals surface area contributed by atoms with E-state index in [4.69, 9.17) is 12.6 Å². The maximum atomic E-state index is 13.8. The number of amides is 1. The highest BCUT2D eigenvalue weighted by molar-refractivity contribution is 6.28. The summed E-state index contributed by atoms with van der Waals surface area (Å²) in [6.07, 6.45) is 0. The summed E-state index contributed by atoms with van der Waals surface area (Å²) in [5.41, 5.74) is 0.430. The number of rotatable bonds is 3. The molecule has 0 spiro atoms. The lowest BCUT2D eigenvalue weighted by atomic mass is 9.75. The van der Waals surface area contributed by atoms with Crippen LogP contribution in [0.5, 0.6) is 5.75 Å². The van der Waals surface area contributed by atoms with Gasteiger partial charge in [0.1, 0.15) is 17.4 Å². The van der Waals surface area contributed by atoms with Gasteiger partial charge >= 0.3 is 0 Å². The van der Waals surface area contributed by atoms with Gasteiger partial charge in [0, 0.05) is 17.4 Å². The third-order valence-corrected chi connectivity index (χ3v) is 3.48. The Morgan fingerprint density at radius 1 is 1.22 bits per heavy atom. The number of fused-ring (bicyclic) bond motifs is 1. The molecule has 1 atom stereocenters. The molecule has 7 heteroatoms. The van der Waals surface area contributed by atoms with Crippen molar-refractivity contribution in [3.8, 4) is 5.75 Å². The second-order valence-electron chi connectivity index (χ2n) is 5.06. The molecule has 3 rings (SSSR count). The zero-order valence-corrected chi connectivity index (χ0v) is 11.8. The quantitative estimate of drug-likeness (QED) is 0.699. The highest BCUT2D eigenvalue weighted by Crippen LogP contribution is 2.30. The first kappa shape index (κ1) is 15.2. The summed E-state index contributed by atoms with van der Waals surface area (Å²) < 4.78 is 31.9. The summed E-state index contributed by atoms with van der Waals surface area (Å²) in [6, 6.07) is 7.25. The molecule has 1 heterocycles. The molecule has 2 radical (unpaired) electrons. The predicted molar refractivity (Wildman–Crippen MR) is 79.8 cm³/mol. The highest BCUT2D eigenvalue weighted by Gasteiger charge is 2.23. The van der Waals surface area contributed by atoms with Crippen LogP contribution in [0.1, 0.15) is 21.7 Å². The first-order valence-electron chi connectivity index (χ1n) is 6.77. The number of Topliss-reactive ketones (excluding diaryl/α,β-unsaturated/α-hetero) is 1. The van der Waals surface area contributed by atoms with Gasteiger partial charge in [0.05, 0.1) is 13.5 Å². The third kappa shape index (κ3) is 2.95. The van der Waals surface area contributed by atoms with E-state index in [1.165, 1.54) is 18.2 Å². The summed E-state index contributed by atoms with van der Waals surface area (Å²) in [7, 11) is 5.79. The van der Waals surface area contributed by atoms with Crippen molar-refractivity contribution < 1.29 is 23.1 Å². The average molecular weight is 313 g/mol. The van der Waals surface area contributed by atoms with E-state index >= 15 is 0 Å². The molecular formula is C16H10BF2NO3. The van der Waals surface area contributed by atoms with Gasteiger partial charge in [-0.2, -0.15) is 0 Å². The van der Waals surface area contributed by atoms with Crippen LogP contribution in [0, 0.1) is 11.6 Å². The Kier molecular flexibility index (Phi) is 3.86. The number of carbonyl (C=O) groups is 2. The molecule has 114 valence electrons. The second-order valence-corrected chi connectivity index (χ2v) is 5.06.